The van der Waals surface area contributed by atoms with E-state index in [-0.39, 0.29) is 5.75 Å². The van der Waals surface area contributed by atoms with Crippen LogP contribution >= 0.6 is 0 Å². The fourth-order valence-corrected chi connectivity index (χ4v) is 1.57. The van der Waals surface area contributed by atoms with E-state index >= 15 is 0 Å². The van der Waals surface area contributed by atoms with Gasteiger partial charge in [0.2, 0.25) is 0 Å². The van der Waals surface area contributed by atoms with Crippen molar-refractivity contribution in [2.24, 2.45) is 4.99 Å². The molecule has 0 amide bonds. The molecule has 0 saturated heterocycles. The van der Waals surface area contributed by atoms with Gasteiger partial charge in [-0.15, -0.1) is 0 Å². The molecular formula is C15H12N2O. The zero-order chi connectivity index (χ0) is 13.0. The Labute approximate surface area is 106 Å². The fraction of sp³-hybridized carbons (Fsp3) is 0.0667. The number of para-hydroxylation sites is 1. The lowest BCUT2D eigenvalue weighted by Gasteiger charge is -2.01. The van der Waals surface area contributed by atoms with Crippen LogP contribution in [-0.4, -0.2) is 11.3 Å². The van der Waals surface area contributed by atoms with Gasteiger partial charge in [0.25, 0.3) is 0 Å². The zero-order valence-corrected chi connectivity index (χ0v) is 9.96. The summed E-state index contributed by atoms with van der Waals surface area (Å²) < 4.78 is 0. The molecule has 88 valence electrons. The molecule has 2 aromatic carbocycles. The van der Waals surface area contributed by atoms with Gasteiger partial charge in [-0.1, -0.05) is 24.3 Å². The average molecular weight is 236 g/mol. The predicted molar refractivity (Wildman–Crippen MR) is 72.8 cm³/mol. The van der Waals surface area contributed by atoms with E-state index < -0.39 is 0 Å². The standard InChI is InChI=1S/C15H12N2O/c1-11-5-3-6-12(15(11)18)10-17-14-8-4-7-13(9-14)16-2/h3-10,18H,1H3. The van der Waals surface area contributed by atoms with Gasteiger partial charge in [0.15, 0.2) is 5.69 Å². The van der Waals surface area contributed by atoms with Crippen LogP contribution in [0.1, 0.15) is 11.1 Å². The maximum atomic E-state index is 9.84. The smallest absolute Gasteiger partial charge is 0.189 e. The van der Waals surface area contributed by atoms with Crippen LogP contribution < -0.4 is 0 Å². The lowest BCUT2D eigenvalue weighted by Crippen LogP contribution is -1.84. The van der Waals surface area contributed by atoms with Crippen molar-refractivity contribution in [2.45, 2.75) is 6.92 Å². The number of phenolic OH excluding ortho intramolecular Hbond substituents is 1. The van der Waals surface area contributed by atoms with Crippen molar-refractivity contribution in [1.82, 2.24) is 0 Å². The summed E-state index contributed by atoms with van der Waals surface area (Å²) >= 11 is 0. The van der Waals surface area contributed by atoms with Crippen LogP contribution in [0.4, 0.5) is 11.4 Å². The van der Waals surface area contributed by atoms with Gasteiger partial charge >= 0.3 is 0 Å². The Balaban J connectivity index is 2.30. The third-order valence-electron chi connectivity index (χ3n) is 2.58. The highest BCUT2D eigenvalue weighted by molar-refractivity contribution is 5.86. The highest BCUT2D eigenvalue weighted by Gasteiger charge is 2.00. The molecule has 0 spiro atoms. The summed E-state index contributed by atoms with van der Waals surface area (Å²) in [7, 11) is 0. The van der Waals surface area contributed by atoms with E-state index in [0.29, 0.717) is 16.9 Å². The number of aliphatic imine (C=N–C) groups is 1. The molecule has 18 heavy (non-hydrogen) atoms. The number of hydrogen-bond acceptors (Lipinski definition) is 2. The highest BCUT2D eigenvalue weighted by Crippen LogP contribution is 2.23. The fourth-order valence-electron chi connectivity index (χ4n) is 1.57. The minimum Gasteiger partial charge on any atom is -0.507 e. The Hall–Kier alpha value is -2.60. The molecular weight excluding hydrogens is 224 g/mol. The lowest BCUT2D eigenvalue weighted by molar-refractivity contribution is 0.470. The van der Waals surface area contributed by atoms with Crippen molar-refractivity contribution in [2.75, 3.05) is 0 Å². The Morgan fingerprint density at radius 2 is 2.00 bits per heavy atom. The molecule has 0 bridgehead atoms. The Morgan fingerprint density at radius 3 is 2.78 bits per heavy atom. The van der Waals surface area contributed by atoms with E-state index in [9.17, 15) is 5.11 Å². The maximum absolute atomic E-state index is 9.84. The Bertz CT molecular complexity index is 639. The summed E-state index contributed by atoms with van der Waals surface area (Å²) in [4.78, 5) is 7.60. The largest absolute Gasteiger partial charge is 0.507 e. The molecule has 3 heteroatoms. The maximum Gasteiger partial charge on any atom is 0.189 e. The number of benzene rings is 2. The van der Waals surface area contributed by atoms with Crippen molar-refractivity contribution in [3.8, 4) is 5.75 Å². The molecule has 2 rings (SSSR count). The zero-order valence-electron chi connectivity index (χ0n) is 9.96. The lowest BCUT2D eigenvalue weighted by atomic mass is 10.1. The first-order chi connectivity index (χ1) is 8.70. The van der Waals surface area contributed by atoms with Crippen LogP contribution in [0, 0.1) is 13.5 Å². The van der Waals surface area contributed by atoms with Crippen LogP contribution in [0.5, 0.6) is 5.75 Å². The van der Waals surface area contributed by atoms with Crippen LogP contribution in [0.25, 0.3) is 4.85 Å². The molecule has 0 unspecified atom stereocenters. The van der Waals surface area contributed by atoms with Crippen LogP contribution in [0.2, 0.25) is 0 Å². The van der Waals surface area contributed by atoms with E-state index in [4.69, 9.17) is 6.57 Å². The first-order valence-corrected chi connectivity index (χ1v) is 5.51. The van der Waals surface area contributed by atoms with Gasteiger partial charge in [0.05, 0.1) is 12.3 Å². The topological polar surface area (TPSA) is 37.0 Å². The number of phenols is 1. The minimum atomic E-state index is 0.239. The average Bonchev–Trinajstić information content (AvgIpc) is 2.41. The summed E-state index contributed by atoms with van der Waals surface area (Å²) in [5, 5.41) is 9.84. The molecule has 2 aromatic rings. The number of nitrogens with zero attached hydrogens (tertiary/aromatic N) is 2. The number of aryl methyl sites for hydroxylation is 1. The van der Waals surface area contributed by atoms with E-state index in [1.165, 1.54) is 0 Å². The third-order valence-corrected chi connectivity index (χ3v) is 2.58. The monoisotopic (exact) mass is 236 g/mol. The molecule has 0 aliphatic rings. The molecule has 0 aliphatic carbocycles. The van der Waals surface area contributed by atoms with E-state index in [2.05, 4.69) is 9.84 Å². The summed E-state index contributed by atoms with van der Waals surface area (Å²) in [6.07, 6.45) is 1.60. The molecule has 0 aromatic heterocycles. The first kappa shape index (κ1) is 11.9. The van der Waals surface area contributed by atoms with Crippen molar-refractivity contribution in [3.63, 3.8) is 0 Å². The molecule has 0 heterocycles. The van der Waals surface area contributed by atoms with Gasteiger partial charge in [-0.25, -0.2) is 4.85 Å². The summed E-state index contributed by atoms with van der Waals surface area (Å²) in [6, 6.07) is 12.5. The predicted octanol–water partition coefficient (Wildman–Crippen LogP) is 4.00. The first-order valence-electron chi connectivity index (χ1n) is 5.51. The second-order valence-electron chi connectivity index (χ2n) is 3.90. The number of rotatable bonds is 2. The molecule has 3 nitrogen and oxygen atoms in total. The molecule has 0 atom stereocenters. The van der Waals surface area contributed by atoms with Gasteiger partial charge in [-0.3, -0.25) is 4.99 Å². The van der Waals surface area contributed by atoms with Crippen LogP contribution in [0.15, 0.2) is 47.5 Å². The minimum absolute atomic E-state index is 0.239. The quantitative estimate of drug-likeness (QED) is 0.621. The molecule has 0 aliphatic heterocycles. The second kappa shape index (κ2) is 5.15. The van der Waals surface area contributed by atoms with Gasteiger partial charge in [-0.2, -0.15) is 0 Å². The Kier molecular flexibility index (Phi) is 3.40. The van der Waals surface area contributed by atoms with Crippen LogP contribution in [0.3, 0.4) is 0 Å². The Morgan fingerprint density at radius 1 is 1.22 bits per heavy atom. The highest BCUT2D eigenvalue weighted by atomic mass is 16.3. The van der Waals surface area contributed by atoms with Crippen LogP contribution in [-0.2, 0) is 0 Å². The van der Waals surface area contributed by atoms with E-state index in [1.807, 2.05) is 25.1 Å². The van der Waals surface area contributed by atoms with E-state index in [0.717, 1.165) is 5.56 Å². The number of aromatic hydroxyl groups is 1. The molecule has 0 fully saturated rings. The SMILES string of the molecule is [C-]#[N+]c1cccc(N=Cc2cccc(C)c2O)c1. The van der Waals surface area contributed by atoms with Gasteiger partial charge in [0, 0.05) is 11.8 Å². The normalized spacial score (nSPS) is 10.4. The van der Waals surface area contributed by atoms with Crippen molar-refractivity contribution in [3.05, 3.63) is 65.0 Å². The molecule has 1 N–H and O–H groups in total. The van der Waals surface area contributed by atoms with Gasteiger partial charge < -0.3 is 5.11 Å². The third kappa shape index (κ3) is 2.55. The number of hydrogen-bond donors (Lipinski definition) is 1. The summed E-state index contributed by atoms with van der Waals surface area (Å²) in [5.74, 6) is 0.239. The van der Waals surface area contributed by atoms with Gasteiger partial charge in [0.1, 0.15) is 5.75 Å². The second-order valence-corrected chi connectivity index (χ2v) is 3.90. The summed E-state index contributed by atoms with van der Waals surface area (Å²) in [6.45, 7) is 8.77. The van der Waals surface area contributed by atoms with E-state index in [1.54, 1.807) is 30.5 Å². The van der Waals surface area contributed by atoms with Crippen molar-refractivity contribution < 1.29 is 5.11 Å². The molecule has 0 radical (unpaired) electrons. The van der Waals surface area contributed by atoms with Crippen molar-refractivity contribution in [1.29, 1.82) is 0 Å². The van der Waals surface area contributed by atoms with Crippen molar-refractivity contribution >= 4 is 17.6 Å². The van der Waals surface area contributed by atoms with Gasteiger partial charge in [-0.05, 0) is 30.7 Å². The summed E-state index contributed by atoms with van der Waals surface area (Å²) in [5.41, 5.74) is 2.74. The molecule has 0 saturated carbocycles.